The summed E-state index contributed by atoms with van der Waals surface area (Å²) in [4.78, 5) is 15.8. The second-order valence-electron chi connectivity index (χ2n) is 4.58. The van der Waals surface area contributed by atoms with Crippen LogP contribution >= 0.6 is 0 Å². The summed E-state index contributed by atoms with van der Waals surface area (Å²) in [5.74, 6) is -1.01. The van der Waals surface area contributed by atoms with E-state index in [0.29, 0.717) is 13.0 Å². The van der Waals surface area contributed by atoms with E-state index in [1.165, 1.54) is 12.1 Å². The highest BCUT2D eigenvalue weighted by Gasteiger charge is 2.18. The molecule has 1 aromatic carbocycles. The van der Waals surface area contributed by atoms with Crippen LogP contribution in [0.3, 0.4) is 0 Å². The fourth-order valence-electron chi connectivity index (χ4n) is 1.84. The van der Waals surface area contributed by atoms with Gasteiger partial charge in [-0.25, -0.2) is 13.4 Å². The van der Waals surface area contributed by atoms with Crippen molar-refractivity contribution in [1.29, 1.82) is 0 Å². The van der Waals surface area contributed by atoms with Crippen molar-refractivity contribution in [3.63, 3.8) is 0 Å². The summed E-state index contributed by atoms with van der Waals surface area (Å²) in [7, 11) is -3.57. The Labute approximate surface area is 123 Å². The molecular weight excluding hydrogens is 290 g/mol. The maximum absolute atomic E-state index is 12.0. The number of rotatable bonds is 7. The van der Waals surface area contributed by atoms with E-state index < -0.39 is 21.5 Å². The molecule has 0 spiro atoms. The number of hydrogen-bond acceptors (Lipinski definition) is 4. The molecule has 0 saturated carbocycles. The number of carbonyl (C=O) groups excluding carboxylic acids is 1. The van der Waals surface area contributed by atoms with Crippen LogP contribution in [-0.2, 0) is 21.2 Å². The molecule has 2 rings (SSSR count). The number of imidazole rings is 1. The van der Waals surface area contributed by atoms with Gasteiger partial charge in [0.05, 0.1) is 11.2 Å². The van der Waals surface area contributed by atoms with Gasteiger partial charge in [0.15, 0.2) is 9.84 Å². The minimum atomic E-state index is -3.57. The minimum Gasteiger partial charge on any atom is -0.355 e. The lowest BCUT2D eigenvalue weighted by atomic mass is 10.4. The molecule has 1 amide bonds. The van der Waals surface area contributed by atoms with E-state index in [1.807, 2.05) is 10.8 Å². The van der Waals surface area contributed by atoms with Crippen molar-refractivity contribution >= 4 is 15.7 Å². The number of aryl methyl sites for hydroxylation is 1. The smallest absolute Gasteiger partial charge is 0.235 e. The van der Waals surface area contributed by atoms with Gasteiger partial charge in [-0.1, -0.05) is 18.2 Å². The molecule has 7 heteroatoms. The lowest BCUT2D eigenvalue weighted by Crippen LogP contribution is -2.31. The summed E-state index contributed by atoms with van der Waals surface area (Å²) < 4.78 is 25.9. The number of nitrogens with one attached hydrogen (secondary N) is 1. The molecule has 0 aliphatic rings. The molecule has 1 heterocycles. The van der Waals surface area contributed by atoms with Crippen molar-refractivity contribution in [1.82, 2.24) is 14.9 Å². The first-order valence-corrected chi connectivity index (χ1v) is 8.23. The Morgan fingerprint density at radius 1 is 1.24 bits per heavy atom. The van der Waals surface area contributed by atoms with Crippen LogP contribution in [0.2, 0.25) is 0 Å². The van der Waals surface area contributed by atoms with E-state index in [-0.39, 0.29) is 4.90 Å². The van der Waals surface area contributed by atoms with Crippen LogP contribution in [0, 0.1) is 0 Å². The summed E-state index contributed by atoms with van der Waals surface area (Å²) >= 11 is 0. The number of nitrogens with zero attached hydrogens (tertiary/aromatic N) is 2. The second kappa shape index (κ2) is 7.03. The van der Waals surface area contributed by atoms with Crippen molar-refractivity contribution in [2.24, 2.45) is 0 Å². The highest BCUT2D eigenvalue weighted by atomic mass is 32.2. The zero-order chi connectivity index (χ0) is 15.1. The van der Waals surface area contributed by atoms with E-state index in [4.69, 9.17) is 0 Å². The van der Waals surface area contributed by atoms with Crippen molar-refractivity contribution in [2.45, 2.75) is 17.9 Å². The number of carbonyl (C=O) groups is 1. The van der Waals surface area contributed by atoms with Gasteiger partial charge in [-0.15, -0.1) is 0 Å². The van der Waals surface area contributed by atoms with Crippen LogP contribution in [0.1, 0.15) is 6.42 Å². The maximum atomic E-state index is 12.0. The number of benzene rings is 1. The molecule has 0 bridgehead atoms. The Morgan fingerprint density at radius 2 is 2.00 bits per heavy atom. The Kier molecular flexibility index (Phi) is 5.10. The van der Waals surface area contributed by atoms with Crippen LogP contribution in [0.25, 0.3) is 0 Å². The van der Waals surface area contributed by atoms with Gasteiger partial charge in [0.25, 0.3) is 0 Å². The van der Waals surface area contributed by atoms with Gasteiger partial charge in [-0.3, -0.25) is 4.79 Å². The third kappa shape index (κ3) is 4.71. The van der Waals surface area contributed by atoms with Crippen LogP contribution in [-0.4, -0.2) is 36.2 Å². The fourth-order valence-corrected chi connectivity index (χ4v) is 3.03. The number of hydrogen-bond donors (Lipinski definition) is 1. The Morgan fingerprint density at radius 3 is 2.67 bits per heavy atom. The molecule has 0 radical (unpaired) electrons. The molecule has 0 fully saturated rings. The van der Waals surface area contributed by atoms with E-state index in [2.05, 4.69) is 10.3 Å². The monoisotopic (exact) mass is 307 g/mol. The predicted octanol–water partition coefficient (Wildman–Crippen LogP) is 0.863. The summed E-state index contributed by atoms with van der Waals surface area (Å²) in [6.07, 6.45) is 5.93. The van der Waals surface area contributed by atoms with Gasteiger partial charge in [0.2, 0.25) is 5.91 Å². The fraction of sp³-hybridized carbons (Fsp3) is 0.286. The Hall–Kier alpha value is -2.15. The quantitative estimate of drug-likeness (QED) is 0.769. The highest BCUT2D eigenvalue weighted by Crippen LogP contribution is 2.09. The van der Waals surface area contributed by atoms with Crippen molar-refractivity contribution in [2.75, 3.05) is 12.3 Å². The van der Waals surface area contributed by atoms with Crippen molar-refractivity contribution < 1.29 is 13.2 Å². The molecule has 0 saturated heterocycles. The summed E-state index contributed by atoms with van der Waals surface area (Å²) in [6.45, 7) is 1.16. The third-order valence-electron chi connectivity index (χ3n) is 2.90. The SMILES string of the molecule is O=C(CS(=O)(=O)c1ccccc1)NCCCn1ccnc1. The first-order valence-electron chi connectivity index (χ1n) is 6.58. The van der Waals surface area contributed by atoms with Gasteiger partial charge in [0.1, 0.15) is 5.75 Å². The average Bonchev–Trinajstić information content (AvgIpc) is 2.97. The van der Waals surface area contributed by atoms with E-state index >= 15 is 0 Å². The molecule has 0 aliphatic carbocycles. The number of sulfone groups is 1. The molecule has 0 aliphatic heterocycles. The van der Waals surface area contributed by atoms with Crippen molar-refractivity contribution in [3.05, 3.63) is 49.1 Å². The summed E-state index contributed by atoms with van der Waals surface area (Å²) in [5, 5.41) is 2.62. The molecular formula is C14H17N3O3S. The van der Waals surface area contributed by atoms with E-state index in [0.717, 1.165) is 6.54 Å². The molecule has 1 aromatic heterocycles. The topological polar surface area (TPSA) is 81.1 Å². The zero-order valence-electron chi connectivity index (χ0n) is 11.5. The normalized spacial score (nSPS) is 11.2. The van der Waals surface area contributed by atoms with Gasteiger partial charge < -0.3 is 9.88 Å². The average molecular weight is 307 g/mol. The van der Waals surface area contributed by atoms with Crippen LogP contribution in [0.5, 0.6) is 0 Å². The molecule has 21 heavy (non-hydrogen) atoms. The highest BCUT2D eigenvalue weighted by molar-refractivity contribution is 7.92. The van der Waals surface area contributed by atoms with Gasteiger partial charge >= 0.3 is 0 Å². The molecule has 0 atom stereocenters. The minimum absolute atomic E-state index is 0.165. The molecule has 1 N–H and O–H groups in total. The lowest BCUT2D eigenvalue weighted by Gasteiger charge is -2.07. The lowest BCUT2D eigenvalue weighted by molar-refractivity contribution is -0.118. The predicted molar refractivity (Wildman–Crippen MR) is 78.3 cm³/mol. The largest absolute Gasteiger partial charge is 0.355 e. The molecule has 112 valence electrons. The maximum Gasteiger partial charge on any atom is 0.235 e. The third-order valence-corrected chi connectivity index (χ3v) is 4.53. The standard InChI is InChI=1S/C14H17N3O3S/c18-14(16-7-4-9-17-10-8-15-12-17)11-21(19,20)13-5-2-1-3-6-13/h1-3,5-6,8,10,12H,4,7,9,11H2,(H,16,18). The van der Waals surface area contributed by atoms with E-state index in [9.17, 15) is 13.2 Å². The van der Waals surface area contributed by atoms with Crippen LogP contribution in [0.4, 0.5) is 0 Å². The second-order valence-corrected chi connectivity index (χ2v) is 6.57. The summed E-state index contributed by atoms with van der Waals surface area (Å²) in [5.41, 5.74) is 0. The van der Waals surface area contributed by atoms with Crippen molar-refractivity contribution in [3.8, 4) is 0 Å². The number of amides is 1. The van der Waals surface area contributed by atoms with Crippen LogP contribution < -0.4 is 5.32 Å². The van der Waals surface area contributed by atoms with Gasteiger partial charge in [0, 0.05) is 25.5 Å². The van der Waals surface area contributed by atoms with E-state index in [1.54, 1.807) is 30.7 Å². The Balaban J connectivity index is 1.76. The summed E-state index contributed by atoms with van der Waals surface area (Å²) in [6, 6.07) is 7.98. The van der Waals surface area contributed by atoms with Gasteiger partial charge in [-0.05, 0) is 18.6 Å². The van der Waals surface area contributed by atoms with Crippen LogP contribution in [0.15, 0.2) is 53.9 Å². The first-order chi connectivity index (χ1) is 10.1. The number of aromatic nitrogens is 2. The van der Waals surface area contributed by atoms with Gasteiger partial charge in [-0.2, -0.15) is 0 Å². The molecule has 0 unspecified atom stereocenters. The Bertz CT molecular complexity index is 667. The zero-order valence-corrected chi connectivity index (χ0v) is 12.3. The molecule has 6 nitrogen and oxygen atoms in total. The first kappa shape index (κ1) is 15.2. The molecule has 2 aromatic rings.